The minimum atomic E-state index is 0. The summed E-state index contributed by atoms with van der Waals surface area (Å²) in [6, 6.07) is 1.80. The van der Waals surface area contributed by atoms with Gasteiger partial charge in [-0.2, -0.15) is 0 Å². The van der Waals surface area contributed by atoms with Crippen molar-refractivity contribution in [1.82, 2.24) is 15.5 Å². The fraction of sp³-hybridized carbons (Fsp3) is 0.941. The molecule has 22 heavy (non-hydrogen) atoms. The van der Waals surface area contributed by atoms with Crippen LogP contribution in [0, 0.1) is 5.41 Å². The Bertz CT molecular complexity index is 334. The van der Waals surface area contributed by atoms with Crippen LogP contribution in [0.15, 0.2) is 4.99 Å². The average molecular weight is 424 g/mol. The fourth-order valence-corrected chi connectivity index (χ4v) is 2.38. The van der Waals surface area contributed by atoms with Crippen molar-refractivity contribution in [1.29, 1.82) is 0 Å². The first-order chi connectivity index (χ1) is 9.73. The molecule has 0 aromatic heterocycles. The number of hydrogen-bond acceptors (Lipinski definition) is 2. The Hall–Kier alpha value is -0.0400. The van der Waals surface area contributed by atoms with Crippen molar-refractivity contribution in [3.8, 4) is 0 Å². The molecule has 2 unspecified atom stereocenters. The maximum atomic E-state index is 4.34. The minimum Gasteiger partial charge on any atom is -0.355 e. The van der Waals surface area contributed by atoms with Gasteiger partial charge in [0.05, 0.1) is 0 Å². The molecule has 0 spiro atoms. The van der Waals surface area contributed by atoms with Crippen LogP contribution in [0.25, 0.3) is 0 Å². The molecule has 0 heterocycles. The lowest BCUT2D eigenvalue weighted by Gasteiger charge is -2.27. The van der Waals surface area contributed by atoms with Gasteiger partial charge in [0.1, 0.15) is 0 Å². The van der Waals surface area contributed by atoms with Crippen molar-refractivity contribution >= 4 is 29.9 Å². The van der Waals surface area contributed by atoms with Gasteiger partial charge >= 0.3 is 0 Å². The lowest BCUT2D eigenvalue weighted by Crippen LogP contribution is -2.47. The highest BCUT2D eigenvalue weighted by Gasteiger charge is 2.29. The molecule has 132 valence electrons. The van der Waals surface area contributed by atoms with Gasteiger partial charge in [0.2, 0.25) is 0 Å². The van der Waals surface area contributed by atoms with Crippen molar-refractivity contribution in [3.05, 3.63) is 0 Å². The largest absolute Gasteiger partial charge is 0.355 e. The Morgan fingerprint density at radius 1 is 1.27 bits per heavy atom. The summed E-state index contributed by atoms with van der Waals surface area (Å²) in [6.07, 6.45) is 5.11. The van der Waals surface area contributed by atoms with Gasteiger partial charge in [-0.1, -0.05) is 20.8 Å². The summed E-state index contributed by atoms with van der Waals surface area (Å²) in [5.41, 5.74) is 0.397. The van der Waals surface area contributed by atoms with Crippen LogP contribution >= 0.6 is 24.0 Å². The van der Waals surface area contributed by atoms with E-state index >= 15 is 0 Å². The first kappa shape index (κ1) is 22.0. The van der Waals surface area contributed by atoms with Crippen LogP contribution in [0.4, 0.5) is 0 Å². The van der Waals surface area contributed by atoms with E-state index in [0.717, 1.165) is 18.5 Å². The van der Waals surface area contributed by atoms with Crippen molar-refractivity contribution < 1.29 is 0 Å². The van der Waals surface area contributed by atoms with Crippen LogP contribution in [0.2, 0.25) is 0 Å². The SMILES string of the molecule is CN=C(NCC(C)N(C)C1CC1)NC(C)CCC(C)(C)C.I. The predicted molar refractivity (Wildman–Crippen MR) is 108 cm³/mol. The molecular formula is C17H37IN4. The molecule has 2 N–H and O–H groups in total. The van der Waals surface area contributed by atoms with E-state index in [1.54, 1.807) is 0 Å². The molecule has 0 aromatic rings. The Balaban J connectivity index is 0.00000441. The Kier molecular flexibility index (Phi) is 9.94. The topological polar surface area (TPSA) is 39.7 Å². The highest BCUT2D eigenvalue weighted by atomic mass is 127. The molecule has 1 fully saturated rings. The molecule has 0 amide bonds. The summed E-state index contributed by atoms with van der Waals surface area (Å²) in [4.78, 5) is 6.82. The van der Waals surface area contributed by atoms with Crippen molar-refractivity contribution in [2.45, 2.75) is 78.4 Å². The van der Waals surface area contributed by atoms with E-state index in [-0.39, 0.29) is 24.0 Å². The average Bonchev–Trinajstić information content (AvgIpc) is 3.23. The molecule has 0 saturated heterocycles. The third-order valence-corrected chi connectivity index (χ3v) is 4.32. The first-order valence-electron chi connectivity index (χ1n) is 8.42. The van der Waals surface area contributed by atoms with Gasteiger partial charge in [-0.25, -0.2) is 0 Å². The second-order valence-electron chi connectivity index (χ2n) is 7.84. The van der Waals surface area contributed by atoms with Gasteiger partial charge in [0.15, 0.2) is 5.96 Å². The molecule has 0 aliphatic heterocycles. The quantitative estimate of drug-likeness (QED) is 0.374. The Morgan fingerprint density at radius 3 is 2.32 bits per heavy atom. The predicted octanol–water partition coefficient (Wildman–Crippen LogP) is 3.47. The summed E-state index contributed by atoms with van der Waals surface area (Å²) in [5, 5.41) is 6.96. The van der Waals surface area contributed by atoms with Crippen LogP contribution < -0.4 is 10.6 Å². The first-order valence-corrected chi connectivity index (χ1v) is 8.42. The number of halogens is 1. The lowest BCUT2D eigenvalue weighted by atomic mass is 9.89. The molecule has 1 saturated carbocycles. The zero-order valence-corrected chi connectivity index (χ0v) is 17.9. The molecular weight excluding hydrogens is 387 g/mol. The van der Waals surface area contributed by atoms with E-state index < -0.39 is 0 Å². The number of nitrogens with one attached hydrogen (secondary N) is 2. The van der Waals surface area contributed by atoms with Gasteiger partial charge in [0, 0.05) is 31.7 Å². The monoisotopic (exact) mass is 424 g/mol. The molecule has 1 aliphatic rings. The van der Waals surface area contributed by atoms with E-state index in [0.29, 0.717) is 17.5 Å². The van der Waals surface area contributed by atoms with Gasteiger partial charge in [-0.3, -0.25) is 9.89 Å². The third-order valence-electron chi connectivity index (χ3n) is 4.32. The fourth-order valence-electron chi connectivity index (χ4n) is 2.38. The van der Waals surface area contributed by atoms with Crippen LogP contribution in [0.5, 0.6) is 0 Å². The molecule has 0 bridgehead atoms. The lowest BCUT2D eigenvalue weighted by molar-refractivity contribution is 0.247. The maximum Gasteiger partial charge on any atom is 0.191 e. The summed E-state index contributed by atoms with van der Waals surface area (Å²) < 4.78 is 0. The molecule has 1 rings (SSSR count). The normalized spacial score (nSPS) is 18.6. The number of rotatable bonds is 7. The maximum absolute atomic E-state index is 4.34. The standard InChI is InChI=1S/C17H36N4.HI/c1-13(10-11-17(3,4)5)20-16(18-6)19-12-14(2)21(7)15-8-9-15;/h13-15H,8-12H2,1-7H3,(H2,18,19,20);1H. The third kappa shape index (κ3) is 9.18. The molecule has 2 atom stereocenters. The van der Waals surface area contributed by atoms with Gasteiger partial charge < -0.3 is 10.6 Å². The summed E-state index contributed by atoms with van der Waals surface area (Å²) >= 11 is 0. The van der Waals surface area contributed by atoms with Crippen molar-refractivity contribution in [2.24, 2.45) is 10.4 Å². The summed E-state index contributed by atoms with van der Waals surface area (Å²) in [7, 11) is 4.08. The van der Waals surface area contributed by atoms with Gasteiger partial charge in [0.25, 0.3) is 0 Å². The van der Waals surface area contributed by atoms with Crippen molar-refractivity contribution in [2.75, 3.05) is 20.6 Å². The number of aliphatic imine (C=N–C) groups is 1. The van der Waals surface area contributed by atoms with Gasteiger partial charge in [-0.05, 0) is 52.0 Å². The van der Waals surface area contributed by atoms with Crippen LogP contribution in [0.3, 0.4) is 0 Å². The van der Waals surface area contributed by atoms with E-state index in [9.17, 15) is 0 Å². The van der Waals surface area contributed by atoms with E-state index in [1.807, 2.05) is 7.05 Å². The number of nitrogens with zero attached hydrogens (tertiary/aromatic N) is 2. The second-order valence-corrected chi connectivity index (χ2v) is 7.84. The van der Waals surface area contributed by atoms with Crippen LogP contribution in [-0.4, -0.2) is 49.6 Å². The summed E-state index contributed by atoms with van der Waals surface area (Å²) in [5.74, 6) is 0.924. The van der Waals surface area contributed by atoms with Crippen LogP contribution in [0.1, 0.15) is 60.3 Å². The summed E-state index contributed by atoms with van der Waals surface area (Å²) in [6.45, 7) is 12.3. The number of likely N-dealkylation sites (N-methyl/N-ethyl adjacent to an activating group) is 1. The number of hydrogen-bond donors (Lipinski definition) is 2. The highest BCUT2D eigenvalue weighted by Crippen LogP contribution is 2.26. The highest BCUT2D eigenvalue weighted by molar-refractivity contribution is 14.0. The number of guanidine groups is 1. The molecule has 4 nitrogen and oxygen atoms in total. The zero-order valence-electron chi connectivity index (χ0n) is 15.6. The van der Waals surface area contributed by atoms with E-state index in [4.69, 9.17) is 0 Å². The zero-order chi connectivity index (χ0) is 16.0. The smallest absolute Gasteiger partial charge is 0.191 e. The molecule has 0 radical (unpaired) electrons. The van der Waals surface area contributed by atoms with Gasteiger partial charge in [-0.15, -0.1) is 24.0 Å². The molecule has 1 aliphatic carbocycles. The molecule has 5 heteroatoms. The van der Waals surface area contributed by atoms with E-state index in [2.05, 4.69) is 62.2 Å². The van der Waals surface area contributed by atoms with Crippen LogP contribution in [-0.2, 0) is 0 Å². The van der Waals surface area contributed by atoms with Crippen molar-refractivity contribution in [3.63, 3.8) is 0 Å². The van der Waals surface area contributed by atoms with E-state index in [1.165, 1.54) is 25.7 Å². The Morgan fingerprint density at radius 2 is 1.86 bits per heavy atom. The Labute approximate surface area is 154 Å². The molecule has 0 aromatic carbocycles. The second kappa shape index (κ2) is 9.96. The minimum absolute atomic E-state index is 0.